The van der Waals surface area contributed by atoms with Crippen molar-refractivity contribution in [1.82, 2.24) is 20.3 Å². The average molecular weight is 354 g/mol. The van der Waals surface area contributed by atoms with Gasteiger partial charge in [-0.05, 0) is 23.3 Å². The Bertz CT molecular complexity index is 974. The second kappa shape index (κ2) is 7.66. The summed E-state index contributed by atoms with van der Waals surface area (Å²) >= 11 is 0. The number of nitrogens with zero attached hydrogens (tertiary/aromatic N) is 3. The first-order valence-electron chi connectivity index (χ1n) is 8.70. The smallest absolute Gasteiger partial charge is 0.274 e. The lowest BCUT2D eigenvalue weighted by atomic mass is 9.98. The van der Waals surface area contributed by atoms with Crippen LogP contribution in [0.1, 0.15) is 27.7 Å². The van der Waals surface area contributed by atoms with Crippen LogP contribution in [0.25, 0.3) is 5.69 Å². The number of aromatic nitrogens is 3. The standard InChI is InChI=1S/C22H18N4O/c27-22(20-16-23-26(25-20)19-14-8-3-9-15-19)24-21(17-10-4-1-5-11-17)18-12-6-2-7-13-18/h1-16,21H,(H,24,27). The number of nitrogens with one attached hydrogen (secondary N) is 1. The van der Waals surface area contributed by atoms with Crippen LogP contribution in [0.2, 0.25) is 0 Å². The highest BCUT2D eigenvalue weighted by Gasteiger charge is 2.19. The van der Waals surface area contributed by atoms with Crippen LogP contribution >= 0.6 is 0 Å². The summed E-state index contributed by atoms with van der Waals surface area (Å²) in [6, 6.07) is 29.0. The summed E-state index contributed by atoms with van der Waals surface area (Å²) < 4.78 is 0. The van der Waals surface area contributed by atoms with Crippen LogP contribution in [-0.2, 0) is 0 Å². The lowest BCUT2D eigenvalue weighted by Gasteiger charge is -2.19. The predicted octanol–water partition coefficient (Wildman–Crippen LogP) is 3.79. The predicted molar refractivity (Wildman–Crippen MR) is 104 cm³/mol. The van der Waals surface area contributed by atoms with E-state index in [4.69, 9.17) is 0 Å². The molecule has 132 valence electrons. The summed E-state index contributed by atoms with van der Waals surface area (Å²) in [5, 5.41) is 11.6. The number of hydrogen-bond acceptors (Lipinski definition) is 3. The van der Waals surface area contributed by atoms with Gasteiger partial charge in [0.2, 0.25) is 0 Å². The lowest BCUT2D eigenvalue weighted by Crippen LogP contribution is -2.29. The molecule has 0 saturated heterocycles. The van der Waals surface area contributed by atoms with E-state index < -0.39 is 0 Å². The number of carbonyl (C=O) groups excluding carboxylic acids is 1. The molecule has 5 nitrogen and oxygen atoms in total. The van der Waals surface area contributed by atoms with E-state index in [2.05, 4.69) is 15.5 Å². The minimum atomic E-state index is -0.269. The van der Waals surface area contributed by atoms with Crippen LogP contribution < -0.4 is 5.32 Å². The number of amides is 1. The fraction of sp³-hybridized carbons (Fsp3) is 0.0455. The molecule has 0 aliphatic carbocycles. The fourth-order valence-electron chi connectivity index (χ4n) is 2.91. The molecule has 0 radical (unpaired) electrons. The van der Waals surface area contributed by atoms with Gasteiger partial charge in [-0.3, -0.25) is 4.79 Å². The quantitative estimate of drug-likeness (QED) is 0.593. The molecule has 0 atom stereocenters. The van der Waals surface area contributed by atoms with Gasteiger partial charge in [0.15, 0.2) is 5.69 Å². The topological polar surface area (TPSA) is 59.8 Å². The van der Waals surface area contributed by atoms with Crippen molar-refractivity contribution in [3.8, 4) is 5.69 Å². The van der Waals surface area contributed by atoms with E-state index in [-0.39, 0.29) is 17.6 Å². The zero-order valence-corrected chi connectivity index (χ0v) is 14.6. The van der Waals surface area contributed by atoms with Crippen molar-refractivity contribution in [3.05, 3.63) is 114 Å². The second-order valence-corrected chi connectivity index (χ2v) is 6.08. The van der Waals surface area contributed by atoms with Crippen molar-refractivity contribution < 1.29 is 4.79 Å². The van der Waals surface area contributed by atoms with E-state index in [1.54, 1.807) is 0 Å². The van der Waals surface area contributed by atoms with Crippen molar-refractivity contribution in [1.29, 1.82) is 0 Å². The summed E-state index contributed by atoms with van der Waals surface area (Å²) in [6.07, 6.45) is 1.48. The molecule has 3 aromatic carbocycles. The number of benzene rings is 3. The van der Waals surface area contributed by atoms with Crippen LogP contribution in [0.4, 0.5) is 0 Å². The largest absolute Gasteiger partial charge is 0.340 e. The molecule has 0 unspecified atom stereocenters. The highest BCUT2D eigenvalue weighted by molar-refractivity contribution is 5.92. The summed E-state index contributed by atoms with van der Waals surface area (Å²) in [7, 11) is 0. The van der Waals surface area contributed by atoms with Gasteiger partial charge in [0.25, 0.3) is 5.91 Å². The molecule has 4 aromatic rings. The van der Waals surface area contributed by atoms with Gasteiger partial charge in [-0.15, -0.1) is 5.10 Å². The Morgan fingerprint density at radius 1 is 0.778 bits per heavy atom. The van der Waals surface area contributed by atoms with E-state index in [1.807, 2.05) is 91.0 Å². The molecule has 5 heteroatoms. The Morgan fingerprint density at radius 3 is 1.85 bits per heavy atom. The molecule has 0 aliphatic heterocycles. The normalized spacial score (nSPS) is 10.7. The molecular formula is C22H18N4O. The molecule has 1 aromatic heterocycles. The summed E-state index contributed by atoms with van der Waals surface area (Å²) in [5.41, 5.74) is 3.09. The fourth-order valence-corrected chi connectivity index (χ4v) is 2.91. The minimum absolute atomic E-state index is 0.262. The second-order valence-electron chi connectivity index (χ2n) is 6.08. The van der Waals surface area contributed by atoms with Crippen LogP contribution in [0.3, 0.4) is 0 Å². The molecule has 1 N–H and O–H groups in total. The van der Waals surface area contributed by atoms with E-state index >= 15 is 0 Å². The molecule has 1 amide bonds. The van der Waals surface area contributed by atoms with Crippen LogP contribution in [0.15, 0.2) is 97.2 Å². The average Bonchev–Trinajstić information content (AvgIpc) is 3.24. The van der Waals surface area contributed by atoms with E-state index in [9.17, 15) is 4.79 Å². The van der Waals surface area contributed by atoms with Crippen molar-refractivity contribution in [2.24, 2.45) is 0 Å². The van der Waals surface area contributed by atoms with Gasteiger partial charge in [-0.1, -0.05) is 78.9 Å². The molecular weight excluding hydrogens is 336 g/mol. The molecule has 27 heavy (non-hydrogen) atoms. The minimum Gasteiger partial charge on any atom is -0.340 e. The maximum atomic E-state index is 12.8. The first kappa shape index (κ1) is 16.7. The third-order valence-corrected chi connectivity index (χ3v) is 4.25. The van der Waals surface area contributed by atoms with Crippen molar-refractivity contribution >= 4 is 5.91 Å². The Balaban J connectivity index is 1.60. The van der Waals surface area contributed by atoms with Crippen molar-refractivity contribution in [2.75, 3.05) is 0 Å². The van der Waals surface area contributed by atoms with E-state index in [0.29, 0.717) is 0 Å². The first-order chi connectivity index (χ1) is 13.3. The Labute approximate surface area is 157 Å². The van der Waals surface area contributed by atoms with E-state index in [0.717, 1.165) is 16.8 Å². The molecule has 1 heterocycles. The maximum Gasteiger partial charge on any atom is 0.274 e. The van der Waals surface area contributed by atoms with Gasteiger partial charge in [-0.2, -0.15) is 9.90 Å². The van der Waals surface area contributed by atoms with Gasteiger partial charge in [0.05, 0.1) is 17.9 Å². The third kappa shape index (κ3) is 3.77. The van der Waals surface area contributed by atoms with Crippen molar-refractivity contribution in [3.63, 3.8) is 0 Å². The Kier molecular flexibility index (Phi) is 4.74. The Morgan fingerprint density at radius 2 is 1.30 bits per heavy atom. The highest BCUT2D eigenvalue weighted by Crippen LogP contribution is 2.22. The molecule has 4 rings (SSSR count). The van der Waals surface area contributed by atoms with Gasteiger partial charge in [0.1, 0.15) is 0 Å². The Hall–Kier alpha value is -3.73. The lowest BCUT2D eigenvalue weighted by molar-refractivity contribution is 0.0937. The zero-order chi connectivity index (χ0) is 18.5. The van der Waals surface area contributed by atoms with Gasteiger partial charge in [-0.25, -0.2) is 0 Å². The highest BCUT2D eigenvalue weighted by atomic mass is 16.2. The van der Waals surface area contributed by atoms with Gasteiger partial charge >= 0.3 is 0 Å². The third-order valence-electron chi connectivity index (χ3n) is 4.25. The van der Waals surface area contributed by atoms with E-state index in [1.165, 1.54) is 11.0 Å². The zero-order valence-electron chi connectivity index (χ0n) is 14.6. The number of carbonyl (C=O) groups is 1. The summed E-state index contributed by atoms with van der Waals surface area (Å²) in [6.45, 7) is 0. The molecule has 0 aliphatic rings. The summed E-state index contributed by atoms with van der Waals surface area (Å²) in [4.78, 5) is 14.3. The van der Waals surface area contributed by atoms with Crippen LogP contribution in [0, 0.1) is 0 Å². The van der Waals surface area contributed by atoms with Crippen LogP contribution in [0.5, 0.6) is 0 Å². The molecule has 0 spiro atoms. The van der Waals surface area contributed by atoms with Crippen LogP contribution in [-0.4, -0.2) is 20.9 Å². The molecule has 0 saturated carbocycles. The van der Waals surface area contributed by atoms with Gasteiger partial charge < -0.3 is 5.32 Å². The molecule has 0 bridgehead atoms. The first-order valence-corrected chi connectivity index (χ1v) is 8.70. The van der Waals surface area contributed by atoms with Gasteiger partial charge in [0, 0.05) is 0 Å². The number of hydrogen-bond donors (Lipinski definition) is 1. The molecule has 0 fully saturated rings. The SMILES string of the molecule is O=C(NC(c1ccccc1)c1ccccc1)c1cnn(-c2ccccc2)n1. The maximum absolute atomic E-state index is 12.8. The summed E-state index contributed by atoms with van der Waals surface area (Å²) in [5.74, 6) is -0.269. The number of para-hydroxylation sites is 1. The number of rotatable bonds is 5. The van der Waals surface area contributed by atoms with Crippen molar-refractivity contribution in [2.45, 2.75) is 6.04 Å². The monoisotopic (exact) mass is 354 g/mol.